The van der Waals surface area contributed by atoms with Crippen molar-refractivity contribution in [2.24, 2.45) is 0 Å². The predicted octanol–water partition coefficient (Wildman–Crippen LogP) is 1.65. The van der Waals surface area contributed by atoms with Crippen LogP contribution < -0.4 is 5.32 Å². The number of aromatic nitrogens is 3. The second-order valence-electron chi connectivity index (χ2n) is 3.45. The van der Waals surface area contributed by atoms with Gasteiger partial charge in [0.2, 0.25) is 5.89 Å². The van der Waals surface area contributed by atoms with E-state index in [2.05, 4.69) is 20.5 Å². The van der Waals surface area contributed by atoms with Crippen molar-refractivity contribution in [1.82, 2.24) is 20.5 Å². The number of aryl methyl sites for hydroxylation is 2. The van der Waals surface area contributed by atoms with Crippen LogP contribution in [0.3, 0.4) is 0 Å². The van der Waals surface area contributed by atoms with Crippen LogP contribution in [0.1, 0.15) is 17.3 Å². The minimum absolute atomic E-state index is 0.574. The molecule has 0 saturated heterocycles. The topological polar surface area (TPSA) is 63.8 Å². The first kappa shape index (κ1) is 11.2. The summed E-state index contributed by atoms with van der Waals surface area (Å²) < 4.78 is 5.55. The molecule has 0 saturated carbocycles. The minimum atomic E-state index is 0.574. The van der Waals surface area contributed by atoms with E-state index in [4.69, 9.17) is 4.42 Å². The number of nitrogens with zero attached hydrogens (tertiary/aromatic N) is 3. The second kappa shape index (κ2) is 5.18. The fraction of sp³-hybridized carbons (Fsp3) is 0.500. The van der Waals surface area contributed by atoms with Gasteiger partial charge in [-0.2, -0.15) is 0 Å². The highest BCUT2D eigenvalue weighted by Crippen LogP contribution is 2.24. The molecular formula is C10H14N4OS. The highest BCUT2D eigenvalue weighted by Gasteiger charge is 2.10. The molecule has 2 rings (SSSR count). The molecule has 0 amide bonds. The molecule has 2 heterocycles. The summed E-state index contributed by atoms with van der Waals surface area (Å²) in [5.41, 5.74) is 0. The van der Waals surface area contributed by atoms with Crippen molar-refractivity contribution in [1.29, 1.82) is 0 Å². The first-order valence-corrected chi connectivity index (χ1v) is 6.01. The molecule has 0 spiro atoms. The normalized spacial score (nSPS) is 10.9. The SMILES string of the molecule is CNCCCc1nnc(-c2cnc(C)s2)o1. The largest absolute Gasteiger partial charge is 0.420 e. The molecule has 0 atom stereocenters. The van der Waals surface area contributed by atoms with E-state index in [1.165, 1.54) is 0 Å². The Morgan fingerprint density at radius 2 is 2.31 bits per heavy atom. The summed E-state index contributed by atoms with van der Waals surface area (Å²) in [7, 11) is 1.93. The Kier molecular flexibility index (Phi) is 3.63. The number of thiazole rings is 1. The standard InChI is InChI=1S/C10H14N4OS/c1-7-12-6-8(16-7)10-14-13-9(15-10)4-3-5-11-2/h6,11H,3-5H2,1-2H3. The Labute approximate surface area is 97.9 Å². The molecule has 86 valence electrons. The van der Waals surface area contributed by atoms with Crippen LogP contribution in [0.4, 0.5) is 0 Å². The Balaban J connectivity index is 2.02. The third-order valence-corrected chi connectivity index (χ3v) is 3.02. The van der Waals surface area contributed by atoms with E-state index in [1.807, 2.05) is 14.0 Å². The summed E-state index contributed by atoms with van der Waals surface area (Å²) in [6, 6.07) is 0. The quantitative estimate of drug-likeness (QED) is 0.802. The number of hydrogen-bond acceptors (Lipinski definition) is 6. The lowest BCUT2D eigenvalue weighted by atomic mass is 10.3. The third kappa shape index (κ3) is 2.65. The maximum absolute atomic E-state index is 5.55. The molecule has 0 aromatic carbocycles. The number of nitrogens with one attached hydrogen (secondary N) is 1. The van der Waals surface area contributed by atoms with Crippen molar-refractivity contribution in [3.63, 3.8) is 0 Å². The van der Waals surface area contributed by atoms with Crippen LogP contribution in [0.2, 0.25) is 0 Å². The molecule has 2 aromatic heterocycles. The summed E-state index contributed by atoms with van der Waals surface area (Å²) in [6.45, 7) is 2.91. The van der Waals surface area contributed by atoms with Crippen molar-refractivity contribution in [3.8, 4) is 10.8 Å². The monoisotopic (exact) mass is 238 g/mol. The molecular weight excluding hydrogens is 224 g/mol. The van der Waals surface area contributed by atoms with Crippen LogP contribution in [0.25, 0.3) is 10.8 Å². The van der Waals surface area contributed by atoms with Crippen molar-refractivity contribution < 1.29 is 4.42 Å². The fourth-order valence-corrected chi connectivity index (χ4v) is 2.03. The molecule has 0 aliphatic rings. The van der Waals surface area contributed by atoms with Gasteiger partial charge in [0.25, 0.3) is 5.89 Å². The van der Waals surface area contributed by atoms with Crippen LogP contribution in [-0.2, 0) is 6.42 Å². The Bertz CT molecular complexity index is 451. The van der Waals surface area contributed by atoms with Crippen LogP contribution >= 0.6 is 11.3 Å². The highest BCUT2D eigenvalue weighted by atomic mass is 32.1. The Morgan fingerprint density at radius 3 is 3.00 bits per heavy atom. The van der Waals surface area contributed by atoms with Crippen LogP contribution in [-0.4, -0.2) is 28.8 Å². The zero-order chi connectivity index (χ0) is 11.4. The fourth-order valence-electron chi connectivity index (χ4n) is 1.33. The Morgan fingerprint density at radius 1 is 1.44 bits per heavy atom. The van der Waals surface area contributed by atoms with E-state index in [1.54, 1.807) is 17.5 Å². The van der Waals surface area contributed by atoms with E-state index < -0.39 is 0 Å². The van der Waals surface area contributed by atoms with Crippen LogP contribution in [0.15, 0.2) is 10.6 Å². The maximum Gasteiger partial charge on any atom is 0.259 e. The molecule has 5 nitrogen and oxygen atoms in total. The molecule has 0 radical (unpaired) electrons. The Hall–Kier alpha value is -1.27. The van der Waals surface area contributed by atoms with Crippen molar-refractivity contribution in [3.05, 3.63) is 17.1 Å². The van der Waals surface area contributed by atoms with Gasteiger partial charge in [-0.05, 0) is 26.9 Å². The minimum Gasteiger partial charge on any atom is -0.420 e. The van der Waals surface area contributed by atoms with E-state index in [9.17, 15) is 0 Å². The first-order chi connectivity index (χ1) is 7.79. The van der Waals surface area contributed by atoms with Crippen molar-refractivity contribution in [2.45, 2.75) is 19.8 Å². The van der Waals surface area contributed by atoms with Crippen LogP contribution in [0.5, 0.6) is 0 Å². The summed E-state index contributed by atoms with van der Waals surface area (Å²) in [5.74, 6) is 1.27. The predicted molar refractivity (Wildman–Crippen MR) is 62.4 cm³/mol. The zero-order valence-electron chi connectivity index (χ0n) is 9.36. The molecule has 1 N–H and O–H groups in total. The first-order valence-electron chi connectivity index (χ1n) is 5.19. The van der Waals surface area contributed by atoms with E-state index in [-0.39, 0.29) is 0 Å². The van der Waals surface area contributed by atoms with E-state index in [0.717, 1.165) is 29.3 Å². The summed E-state index contributed by atoms with van der Waals surface area (Å²) in [5, 5.41) is 12.1. The summed E-state index contributed by atoms with van der Waals surface area (Å²) in [4.78, 5) is 5.09. The molecule has 16 heavy (non-hydrogen) atoms. The van der Waals surface area contributed by atoms with E-state index in [0.29, 0.717) is 11.8 Å². The van der Waals surface area contributed by atoms with Gasteiger partial charge in [0.05, 0.1) is 11.2 Å². The van der Waals surface area contributed by atoms with Crippen molar-refractivity contribution in [2.75, 3.05) is 13.6 Å². The second-order valence-corrected chi connectivity index (χ2v) is 4.69. The highest BCUT2D eigenvalue weighted by molar-refractivity contribution is 7.14. The van der Waals surface area contributed by atoms with Crippen LogP contribution in [0, 0.1) is 6.92 Å². The van der Waals surface area contributed by atoms with Crippen molar-refractivity contribution >= 4 is 11.3 Å². The average Bonchev–Trinajstić information content (AvgIpc) is 2.87. The van der Waals surface area contributed by atoms with Gasteiger partial charge in [-0.15, -0.1) is 21.5 Å². The molecule has 2 aromatic rings. The molecule has 0 fully saturated rings. The lowest BCUT2D eigenvalue weighted by Crippen LogP contribution is -2.08. The summed E-state index contributed by atoms with van der Waals surface area (Å²) >= 11 is 1.56. The maximum atomic E-state index is 5.55. The molecule has 6 heteroatoms. The molecule has 0 unspecified atom stereocenters. The van der Waals surface area contributed by atoms with Gasteiger partial charge in [0.15, 0.2) is 0 Å². The van der Waals surface area contributed by atoms with E-state index >= 15 is 0 Å². The number of hydrogen-bond donors (Lipinski definition) is 1. The lowest BCUT2D eigenvalue weighted by Gasteiger charge is -1.93. The zero-order valence-corrected chi connectivity index (χ0v) is 10.2. The summed E-state index contributed by atoms with van der Waals surface area (Å²) in [6.07, 6.45) is 3.58. The third-order valence-electron chi connectivity index (χ3n) is 2.12. The smallest absolute Gasteiger partial charge is 0.259 e. The van der Waals surface area contributed by atoms with Gasteiger partial charge in [-0.1, -0.05) is 0 Å². The van der Waals surface area contributed by atoms with Gasteiger partial charge in [-0.3, -0.25) is 0 Å². The number of rotatable bonds is 5. The van der Waals surface area contributed by atoms with Gasteiger partial charge >= 0.3 is 0 Å². The van der Waals surface area contributed by atoms with Gasteiger partial charge in [0.1, 0.15) is 4.88 Å². The van der Waals surface area contributed by atoms with Gasteiger partial charge in [-0.25, -0.2) is 4.98 Å². The van der Waals surface area contributed by atoms with Gasteiger partial charge in [0, 0.05) is 6.42 Å². The van der Waals surface area contributed by atoms with Gasteiger partial charge < -0.3 is 9.73 Å². The molecule has 0 aliphatic carbocycles. The molecule has 0 bridgehead atoms. The molecule has 0 aliphatic heterocycles. The average molecular weight is 238 g/mol. The lowest BCUT2D eigenvalue weighted by molar-refractivity contribution is 0.495.